The van der Waals surface area contributed by atoms with E-state index in [1.165, 1.54) is 10.6 Å². The fourth-order valence-corrected chi connectivity index (χ4v) is 1.56. The molecule has 2 rings (SSSR count). The van der Waals surface area contributed by atoms with Crippen molar-refractivity contribution in [3.05, 3.63) is 59.3 Å². The Labute approximate surface area is 104 Å². The van der Waals surface area contributed by atoms with Crippen LogP contribution in [-0.4, -0.2) is 15.5 Å². The Morgan fingerprint density at radius 3 is 2.61 bits per heavy atom. The van der Waals surface area contributed by atoms with Gasteiger partial charge in [-0.1, -0.05) is 6.08 Å². The summed E-state index contributed by atoms with van der Waals surface area (Å²) < 4.78 is 1.48. The van der Waals surface area contributed by atoms with E-state index in [4.69, 9.17) is 0 Å². The predicted molar refractivity (Wildman–Crippen MR) is 69.8 cm³/mol. The van der Waals surface area contributed by atoms with Gasteiger partial charge in [-0.05, 0) is 37.3 Å². The molecule has 1 amide bonds. The molecule has 0 unspecified atom stereocenters. The van der Waals surface area contributed by atoms with Gasteiger partial charge < -0.3 is 10.3 Å². The molecule has 18 heavy (non-hydrogen) atoms. The number of rotatable bonds is 3. The molecule has 5 nitrogen and oxygen atoms in total. The van der Waals surface area contributed by atoms with Gasteiger partial charge in [0.05, 0.1) is 5.69 Å². The molecule has 1 aromatic heterocycles. The predicted octanol–water partition coefficient (Wildman–Crippen LogP) is 1.68. The number of anilines is 1. The lowest BCUT2D eigenvalue weighted by Gasteiger charge is -2.04. The van der Waals surface area contributed by atoms with Crippen molar-refractivity contribution < 1.29 is 4.79 Å². The number of nitrogens with one attached hydrogen (secondary N) is 2. The van der Waals surface area contributed by atoms with Crippen molar-refractivity contribution in [2.24, 2.45) is 0 Å². The summed E-state index contributed by atoms with van der Waals surface area (Å²) in [5.74, 6) is -0.177. The second kappa shape index (κ2) is 5.18. The van der Waals surface area contributed by atoms with Crippen LogP contribution in [0.2, 0.25) is 0 Å². The highest BCUT2D eigenvalue weighted by atomic mass is 16.1. The first-order valence-electron chi connectivity index (χ1n) is 5.51. The first-order chi connectivity index (χ1) is 8.70. The molecule has 0 saturated heterocycles. The summed E-state index contributed by atoms with van der Waals surface area (Å²) in [5, 5.41) is 2.71. The van der Waals surface area contributed by atoms with Gasteiger partial charge in [-0.25, -0.2) is 4.79 Å². The summed E-state index contributed by atoms with van der Waals surface area (Å²) in [6.07, 6.45) is 6.34. The van der Waals surface area contributed by atoms with Gasteiger partial charge >= 0.3 is 5.69 Å². The summed E-state index contributed by atoms with van der Waals surface area (Å²) >= 11 is 0. The zero-order chi connectivity index (χ0) is 13.0. The molecule has 0 aliphatic heterocycles. The molecule has 5 heteroatoms. The summed E-state index contributed by atoms with van der Waals surface area (Å²) in [5.41, 5.74) is 1.23. The number of carbonyl (C=O) groups is 1. The van der Waals surface area contributed by atoms with E-state index < -0.39 is 0 Å². The minimum absolute atomic E-state index is 0.177. The molecular formula is C13H13N3O2. The van der Waals surface area contributed by atoms with E-state index in [1.54, 1.807) is 49.7 Å². The van der Waals surface area contributed by atoms with Crippen LogP contribution in [-0.2, 0) is 4.79 Å². The lowest BCUT2D eigenvalue weighted by Crippen LogP contribution is -2.14. The van der Waals surface area contributed by atoms with Crippen LogP contribution >= 0.6 is 0 Å². The van der Waals surface area contributed by atoms with Crippen LogP contribution in [0.4, 0.5) is 5.69 Å². The second-order valence-electron chi connectivity index (χ2n) is 3.67. The van der Waals surface area contributed by atoms with Gasteiger partial charge in [-0.3, -0.25) is 9.36 Å². The summed E-state index contributed by atoms with van der Waals surface area (Å²) in [6.45, 7) is 1.78. The third-order valence-electron chi connectivity index (χ3n) is 2.38. The summed E-state index contributed by atoms with van der Waals surface area (Å²) in [4.78, 5) is 25.3. The standard InChI is InChI=1S/C13H13N3O2/c1-2-3-12(17)15-10-4-6-11(7-5-10)16-9-8-14-13(16)18/h2-9H,1H3,(H,14,18)(H,15,17). The minimum atomic E-state index is -0.194. The van der Waals surface area contributed by atoms with Gasteiger partial charge in [0, 0.05) is 18.1 Å². The van der Waals surface area contributed by atoms with E-state index in [0.29, 0.717) is 5.69 Å². The Balaban J connectivity index is 2.18. The average Bonchev–Trinajstić information content (AvgIpc) is 2.77. The third-order valence-corrected chi connectivity index (χ3v) is 2.38. The lowest BCUT2D eigenvalue weighted by atomic mass is 10.2. The largest absolute Gasteiger partial charge is 0.330 e. The van der Waals surface area contributed by atoms with Crippen molar-refractivity contribution in [3.8, 4) is 5.69 Å². The van der Waals surface area contributed by atoms with Crippen molar-refractivity contribution >= 4 is 11.6 Å². The molecular weight excluding hydrogens is 230 g/mol. The van der Waals surface area contributed by atoms with Gasteiger partial charge in [0.1, 0.15) is 0 Å². The molecule has 0 spiro atoms. The number of nitrogens with zero attached hydrogens (tertiary/aromatic N) is 1. The SMILES string of the molecule is CC=CC(=O)Nc1ccc(-n2cc[nH]c2=O)cc1. The minimum Gasteiger partial charge on any atom is -0.323 e. The number of hydrogen-bond acceptors (Lipinski definition) is 2. The fourth-order valence-electron chi connectivity index (χ4n) is 1.56. The van der Waals surface area contributed by atoms with E-state index in [0.717, 1.165) is 5.69 Å². The number of benzene rings is 1. The van der Waals surface area contributed by atoms with Crippen LogP contribution in [0.15, 0.2) is 53.6 Å². The van der Waals surface area contributed by atoms with Crippen LogP contribution in [0, 0.1) is 0 Å². The van der Waals surface area contributed by atoms with Crippen LogP contribution < -0.4 is 11.0 Å². The lowest BCUT2D eigenvalue weighted by molar-refractivity contribution is -0.111. The van der Waals surface area contributed by atoms with Gasteiger partial charge in [0.15, 0.2) is 0 Å². The van der Waals surface area contributed by atoms with Crippen LogP contribution in [0.3, 0.4) is 0 Å². The Bertz CT molecular complexity index is 620. The molecule has 0 aliphatic carbocycles. The molecule has 1 heterocycles. The maximum Gasteiger partial charge on any atom is 0.330 e. The second-order valence-corrected chi connectivity index (χ2v) is 3.67. The molecule has 92 valence electrons. The quantitative estimate of drug-likeness (QED) is 0.805. The Morgan fingerprint density at radius 1 is 1.33 bits per heavy atom. The Kier molecular flexibility index (Phi) is 3.43. The van der Waals surface area contributed by atoms with Crippen LogP contribution in [0.5, 0.6) is 0 Å². The highest BCUT2D eigenvalue weighted by Crippen LogP contribution is 2.11. The van der Waals surface area contributed by atoms with Crippen molar-refractivity contribution in [2.45, 2.75) is 6.92 Å². The first-order valence-corrected chi connectivity index (χ1v) is 5.51. The maximum absolute atomic E-state index is 11.4. The molecule has 0 radical (unpaired) electrons. The van der Waals surface area contributed by atoms with Crippen molar-refractivity contribution in [1.29, 1.82) is 0 Å². The maximum atomic E-state index is 11.4. The van der Waals surface area contributed by atoms with E-state index in [1.807, 2.05) is 0 Å². The molecule has 0 fully saturated rings. The molecule has 0 bridgehead atoms. The first kappa shape index (κ1) is 11.9. The van der Waals surface area contributed by atoms with Crippen LogP contribution in [0.25, 0.3) is 5.69 Å². The molecule has 2 aromatic rings. The fraction of sp³-hybridized carbons (Fsp3) is 0.0769. The Morgan fingerprint density at radius 2 is 2.06 bits per heavy atom. The number of aromatic nitrogens is 2. The topological polar surface area (TPSA) is 66.9 Å². The number of amides is 1. The number of aromatic amines is 1. The van der Waals surface area contributed by atoms with E-state index in [-0.39, 0.29) is 11.6 Å². The summed E-state index contributed by atoms with van der Waals surface area (Å²) in [6, 6.07) is 7.02. The molecule has 2 N–H and O–H groups in total. The van der Waals surface area contributed by atoms with Gasteiger partial charge in [-0.15, -0.1) is 0 Å². The van der Waals surface area contributed by atoms with Crippen molar-refractivity contribution in [3.63, 3.8) is 0 Å². The highest BCUT2D eigenvalue weighted by molar-refractivity contribution is 5.99. The van der Waals surface area contributed by atoms with Crippen molar-refractivity contribution in [1.82, 2.24) is 9.55 Å². The van der Waals surface area contributed by atoms with Crippen LogP contribution in [0.1, 0.15) is 6.92 Å². The normalized spacial score (nSPS) is 10.7. The van der Waals surface area contributed by atoms with E-state index in [9.17, 15) is 9.59 Å². The van der Waals surface area contributed by atoms with Gasteiger partial charge in [0.2, 0.25) is 5.91 Å². The zero-order valence-electron chi connectivity index (χ0n) is 9.88. The molecule has 1 aromatic carbocycles. The Hall–Kier alpha value is -2.56. The number of allylic oxidation sites excluding steroid dienone is 1. The molecule has 0 saturated carbocycles. The number of hydrogen-bond donors (Lipinski definition) is 2. The zero-order valence-corrected chi connectivity index (χ0v) is 9.88. The van der Waals surface area contributed by atoms with E-state index in [2.05, 4.69) is 10.3 Å². The smallest absolute Gasteiger partial charge is 0.323 e. The molecule has 0 atom stereocenters. The van der Waals surface area contributed by atoms with Gasteiger partial charge in [0.25, 0.3) is 0 Å². The van der Waals surface area contributed by atoms with Crippen molar-refractivity contribution in [2.75, 3.05) is 5.32 Å². The highest BCUT2D eigenvalue weighted by Gasteiger charge is 2.01. The number of H-pyrrole nitrogens is 1. The summed E-state index contributed by atoms with van der Waals surface area (Å²) in [7, 11) is 0. The number of imidazole rings is 1. The monoisotopic (exact) mass is 243 g/mol. The number of carbonyl (C=O) groups excluding carboxylic acids is 1. The third kappa shape index (κ3) is 2.57. The van der Waals surface area contributed by atoms with E-state index >= 15 is 0 Å². The average molecular weight is 243 g/mol. The van der Waals surface area contributed by atoms with Gasteiger partial charge in [-0.2, -0.15) is 0 Å². The molecule has 0 aliphatic rings.